The van der Waals surface area contributed by atoms with E-state index < -0.39 is 0 Å². The van der Waals surface area contributed by atoms with E-state index >= 15 is 0 Å². The van der Waals surface area contributed by atoms with Crippen LogP contribution in [0.4, 0.5) is 11.4 Å². The molecule has 0 aliphatic carbocycles. The second-order valence-corrected chi connectivity index (χ2v) is 6.94. The second kappa shape index (κ2) is 7.48. The van der Waals surface area contributed by atoms with Crippen molar-refractivity contribution in [2.24, 2.45) is 0 Å². The highest BCUT2D eigenvalue weighted by Crippen LogP contribution is 2.33. The first kappa shape index (κ1) is 17.7. The van der Waals surface area contributed by atoms with Gasteiger partial charge in [-0.15, -0.1) is 0 Å². The van der Waals surface area contributed by atoms with Crippen LogP contribution in [0.3, 0.4) is 0 Å². The van der Waals surface area contributed by atoms with Gasteiger partial charge in [0, 0.05) is 43.1 Å². The maximum Gasteiger partial charge on any atom is 0.255 e. The number of fused-ring (bicyclic) bond motifs is 1. The minimum atomic E-state index is -0.156. The van der Waals surface area contributed by atoms with Crippen LogP contribution in [-0.4, -0.2) is 50.3 Å². The smallest absolute Gasteiger partial charge is 0.255 e. The van der Waals surface area contributed by atoms with Crippen molar-refractivity contribution >= 4 is 17.3 Å². The molecular weight excluding hydrogens is 342 g/mol. The number of hydrogen-bond donors (Lipinski definition) is 1. The first-order valence-electron chi connectivity index (χ1n) is 9.43. The van der Waals surface area contributed by atoms with Gasteiger partial charge in [-0.2, -0.15) is 0 Å². The molecule has 2 aromatic carbocycles. The summed E-state index contributed by atoms with van der Waals surface area (Å²) in [5.74, 6) is 1.13. The van der Waals surface area contributed by atoms with Crippen molar-refractivity contribution in [2.45, 2.75) is 13.8 Å². The molecule has 2 aliphatic rings. The Bertz CT molecular complexity index is 845. The number of carbonyl (C=O) groups is 1. The van der Waals surface area contributed by atoms with Gasteiger partial charge in [-0.1, -0.05) is 6.92 Å². The Morgan fingerprint density at radius 1 is 1.04 bits per heavy atom. The van der Waals surface area contributed by atoms with E-state index in [1.54, 1.807) is 18.2 Å². The van der Waals surface area contributed by atoms with Gasteiger partial charge in [0.15, 0.2) is 11.5 Å². The Balaban J connectivity index is 1.44. The zero-order valence-corrected chi connectivity index (χ0v) is 15.8. The van der Waals surface area contributed by atoms with Crippen LogP contribution in [-0.2, 0) is 0 Å². The molecule has 0 bridgehead atoms. The van der Waals surface area contributed by atoms with Gasteiger partial charge in [-0.25, -0.2) is 0 Å². The molecular formula is C21H25N3O3. The summed E-state index contributed by atoms with van der Waals surface area (Å²) in [4.78, 5) is 17.4. The summed E-state index contributed by atoms with van der Waals surface area (Å²) in [5.41, 5.74) is 3.76. The highest BCUT2D eigenvalue weighted by molar-refractivity contribution is 6.04. The number of nitrogens with one attached hydrogen (secondary N) is 1. The summed E-state index contributed by atoms with van der Waals surface area (Å²) in [6.07, 6.45) is 0. The van der Waals surface area contributed by atoms with Crippen molar-refractivity contribution in [1.82, 2.24) is 4.90 Å². The van der Waals surface area contributed by atoms with Gasteiger partial charge in [0.2, 0.25) is 6.79 Å². The molecule has 27 heavy (non-hydrogen) atoms. The molecule has 1 amide bonds. The zero-order chi connectivity index (χ0) is 18.8. The fourth-order valence-corrected chi connectivity index (χ4v) is 3.63. The highest BCUT2D eigenvalue weighted by Gasteiger charge is 2.19. The summed E-state index contributed by atoms with van der Waals surface area (Å²) in [7, 11) is 0. The minimum Gasteiger partial charge on any atom is -0.454 e. The molecule has 1 saturated heterocycles. The molecule has 0 radical (unpaired) electrons. The fourth-order valence-electron chi connectivity index (χ4n) is 3.63. The molecule has 2 aromatic rings. The summed E-state index contributed by atoms with van der Waals surface area (Å²) >= 11 is 0. The molecule has 2 heterocycles. The number of aryl methyl sites for hydroxylation is 1. The van der Waals surface area contributed by atoms with E-state index in [1.165, 1.54) is 11.3 Å². The van der Waals surface area contributed by atoms with Gasteiger partial charge in [-0.3, -0.25) is 4.79 Å². The first-order chi connectivity index (χ1) is 13.1. The van der Waals surface area contributed by atoms with Gasteiger partial charge in [-0.05, 0) is 55.4 Å². The Hall–Kier alpha value is -2.73. The monoisotopic (exact) mass is 367 g/mol. The largest absolute Gasteiger partial charge is 0.454 e. The number of amides is 1. The lowest BCUT2D eigenvalue weighted by Gasteiger charge is -2.36. The fraction of sp³-hybridized carbons (Fsp3) is 0.381. The van der Waals surface area contributed by atoms with Crippen molar-refractivity contribution in [3.63, 3.8) is 0 Å². The number of benzene rings is 2. The molecule has 0 aromatic heterocycles. The van der Waals surface area contributed by atoms with E-state index in [9.17, 15) is 4.79 Å². The quantitative estimate of drug-likeness (QED) is 0.900. The number of likely N-dealkylation sites (N-methyl/N-ethyl adjacent to an activating group) is 1. The van der Waals surface area contributed by atoms with Gasteiger partial charge >= 0.3 is 0 Å². The molecule has 0 atom stereocenters. The van der Waals surface area contributed by atoms with Crippen LogP contribution in [0.2, 0.25) is 0 Å². The van der Waals surface area contributed by atoms with Crippen LogP contribution in [0.15, 0.2) is 36.4 Å². The van der Waals surface area contributed by atoms with Gasteiger partial charge < -0.3 is 24.6 Å². The molecule has 6 heteroatoms. The maximum atomic E-state index is 12.6. The third kappa shape index (κ3) is 3.71. The Morgan fingerprint density at radius 2 is 1.81 bits per heavy atom. The zero-order valence-electron chi connectivity index (χ0n) is 15.8. The lowest BCUT2D eigenvalue weighted by molar-refractivity contribution is 0.102. The van der Waals surface area contributed by atoms with Gasteiger partial charge in [0.1, 0.15) is 0 Å². The summed E-state index contributed by atoms with van der Waals surface area (Å²) < 4.78 is 10.6. The third-order valence-electron chi connectivity index (χ3n) is 5.25. The van der Waals surface area contributed by atoms with E-state index in [2.05, 4.69) is 35.0 Å². The number of hydrogen-bond acceptors (Lipinski definition) is 5. The standard InChI is InChI=1S/C21H25N3O3/c1-3-23-8-10-24(11-9-23)18-6-5-17(12-15(18)2)22-21(25)16-4-7-19-20(13-16)27-14-26-19/h4-7,12-13H,3,8-11,14H2,1-2H3,(H,22,25). The molecule has 1 N–H and O–H groups in total. The predicted molar refractivity (Wildman–Crippen MR) is 106 cm³/mol. The lowest BCUT2D eigenvalue weighted by atomic mass is 10.1. The third-order valence-corrected chi connectivity index (χ3v) is 5.25. The van der Waals surface area contributed by atoms with E-state index in [-0.39, 0.29) is 12.7 Å². The van der Waals surface area contributed by atoms with Crippen molar-refractivity contribution in [1.29, 1.82) is 0 Å². The second-order valence-electron chi connectivity index (χ2n) is 6.94. The number of ether oxygens (including phenoxy) is 2. The van der Waals surface area contributed by atoms with Crippen molar-refractivity contribution in [3.05, 3.63) is 47.5 Å². The van der Waals surface area contributed by atoms with E-state index in [1.807, 2.05) is 12.1 Å². The van der Waals surface area contributed by atoms with Crippen molar-refractivity contribution in [3.8, 4) is 11.5 Å². The summed E-state index contributed by atoms with van der Waals surface area (Å²) in [6, 6.07) is 11.3. The Morgan fingerprint density at radius 3 is 2.56 bits per heavy atom. The average molecular weight is 367 g/mol. The minimum absolute atomic E-state index is 0.156. The number of rotatable bonds is 4. The van der Waals surface area contributed by atoms with E-state index in [0.29, 0.717) is 17.1 Å². The van der Waals surface area contributed by atoms with Crippen LogP contribution in [0.25, 0.3) is 0 Å². The summed E-state index contributed by atoms with van der Waals surface area (Å²) in [6.45, 7) is 9.88. The SMILES string of the molecule is CCN1CCN(c2ccc(NC(=O)c3ccc4c(c3)OCO4)cc2C)CC1. The normalized spacial score (nSPS) is 16.4. The number of carbonyl (C=O) groups excluding carboxylic acids is 1. The van der Waals surface area contributed by atoms with Gasteiger partial charge in [0.25, 0.3) is 5.91 Å². The molecule has 2 aliphatic heterocycles. The highest BCUT2D eigenvalue weighted by atomic mass is 16.7. The maximum absolute atomic E-state index is 12.6. The van der Waals surface area contributed by atoms with Crippen LogP contribution >= 0.6 is 0 Å². The van der Waals surface area contributed by atoms with Crippen molar-refractivity contribution < 1.29 is 14.3 Å². The van der Waals surface area contributed by atoms with Gasteiger partial charge in [0.05, 0.1) is 0 Å². The Labute approximate surface area is 159 Å². The Kier molecular flexibility index (Phi) is 4.90. The molecule has 1 fully saturated rings. The van der Waals surface area contributed by atoms with Crippen molar-refractivity contribution in [2.75, 3.05) is 49.7 Å². The van der Waals surface area contributed by atoms with Crippen LogP contribution in [0.5, 0.6) is 11.5 Å². The first-order valence-corrected chi connectivity index (χ1v) is 9.43. The molecule has 142 valence electrons. The summed E-state index contributed by atoms with van der Waals surface area (Å²) in [5, 5.41) is 2.97. The van der Waals surface area contributed by atoms with E-state index in [0.717, 1.165) is 38.4 Å². The molecule has 6 nitrogen and oxygen atoms in total. The predicted octanol–water partition coefficient (Wildman–Crippen LogP) is 3.12. The molecule has 0 unspecified atom stereocenters. The topological polar surface area (TPSA) is 54.0 Å². The van der Waals surface area contributed by atoms with Crippen LogP contribution in [0.1, 0.15) is 22.8 Å². The number of nitrogens with zero attached hydrogens (tertiary/aromatic N) is 2. The molecule has 0 saturated carbocycles. The average Bonchev–Trinajstić information content (AvgIpc) is 3.16. The molecule has 0 spiro atoms. The molecule has 4 rings (SSSR count). The van der Waals surface area contributed by atoms with Crippen LogP contribution in [0, 0.1) is 6.92 Å². The number of anilines is 2. The lowest BCUT2D eigenvalue weighted by Crippen LogP contribution is -2.46. The van der Waals surface area contributed by atoms with E-state index in [4.69, 9.17) is 9.47 Å². The number of piperazine rings is 1. The van der Waals surface area contributed by atoms with Crippen LogP contribution < -0.4 is 19.7 Å².